The molecule has 21 heavy (non-hydrogen) atoms. The number of hydrogen-bond acceptors (Lipinski definition) is 7. The molecular weight excluding hydrogens is 282 g/mol. The summed E-state index contributed by atoms with van der Waals surface area (Å²) in [7, 11) is 0. The van der Waals surface area contributed by atoms with Crippen LogP contribution < -0.4 is 5.73 Å². The summed E-state index contributed by atoms with van der Waals surface area (Å²) in [6.45, 7) is -0.794. The van der Waals surface area contributed by atoms with Crippen molar-refractivity contribution in [2.45, 2.75) is 24.8 Å². The van der Waals surface area contributed by atoms with Crippen molar-refractivity contribution in [1.82, 2.24) is 0 Å². The zero-order chi connectivity index (χ0) is 16.0. The lowest BCUT2D eigenvalue weighted by Gasteiger charge is -2.24. The Bertz CT molecular complexity index is 530. The molecule has 0 bridgehead atoms. The van der Waals surface area contributed by atoms with E-state index in [1.165, 1.54) is 12.1 Å². The summed E-state index contributed by atoms with van der Waals surface area (Å²) in [5, 5.41) is 39.7. The first kappa shape index (κ1) is 17.0. The van der Waals surface area contributed by atoms with Crippen LogP contribution in [0.1, 0.15) is 18.4 Å². The van der Waals surface area contributed by atoms with Crippen molar-refractivity contribution in [2.24, 2.45) is 5.73 Å². The molecule has 1 aromatic carbocycles. The van der Waals surface area contributed by atoms with Gasteiger partial charge in [-0.3, -0.25) is 20.2 Å². The summed E-state index contributed by atoms with van der Waals surface area (Å²) in [6.07, 6.45) is 0.942. The Morgan fingerprint density at radius 1 is 1.14 bits per heavy atom. The number of aryl methyl sites for hydroxylation is 1. The maximum absolute atomic E-state index is 10.9. The second kappa shape index (κ2) is 7.07. The zero-order valence-electron chi connectivity index (χ0n) is 11.3. The fourth-order valence-electron chi connectivity index (χ4n) is 1.89. The fraction of sp³-hybridized carbons (Fsp3) is 0.500. The van der Waals surface area contributed by atoms with Gasteiger partial charge in [-0.15, -0.1) is 0 Å². The number of nitro benzene ring substituents is 2. The lowest BCUT2D eigenvalue weighted by Crippen LogP contribution is -2.47. The molecule has 0 radical (unpaired) electrons. The van der Waals surface area contributed by atoms with Crippen molar-refractivity contribution in [3.8, 4) is 0 Å². The van der Waals surface area contributed by atoms with E-state index in [1.807, 2.05) is 0 Å². The number of benzene rings is 1. The van der Waals surface area contributed by atoms with Gasteiger partial charge in [-0.1, -0.05) is 0 Å². The third-order valence-corrected chi connectivity index (χ3v) is 3.23. The molecule has 1 rings (SSSR count). The number of non-ortho nitro benzene ring substituents is 1. The number of nitro groups is 2. The molecule has 0 aromatic heterocycles. The van der Waals surface area contributed by atoms with Gasteiger partial charge in [0.05, 0.1) is 34.7 Å². The van der Waals surface area contributed by atoms with E-state index in [2.05, 4.69) is 0 Å². The van der Waals surface area contributed by atoms with Gasteiger partial charge in [0, 0.05) is 11.6 Å². The van der Waals surface area contributed by atoms with Crippen molar-refractivity contribution < 1.29 is 20.1 Å². The minimum Gasteiger partial charge on any atom is -0.394 e. The van der Waals surface area contributed by atoms with E-state index in [1.54, 1.807) is 0 Å². The SMILES string of the molecule is NC(CO)(CO)CCCc1ccc([N+](=O)[O-])cc1[N+](=O)[O-]. The van der Waals surface area contributed by atoms with Crippen molar-refractivity contribution in [3.05, 3.63) is 44.0 Å². The molecule has 0 spiro atoms. The van der Waals surface area contributed by atoms with E-state index >= 15 is 0 Å². The molecule has 9 heteroatoms. The maximum atomic E-state index is 10.9. The second-order valence-electron chi connectivity index (χ2n) is 4.86. The number of aliphatic hydroxyl groups is 2. The predicted octanol–water partition coefficient (Wildman–Crippen LogP) is 0.508. The summed E-state index contributed by atoms with van der Waals surface area (Å²) in [4.78, 5) is 20.2. The van der Waals surface area contributed by atoms with Gasteiger partial charge in [0.1, 0.15) is 0 Å². The topological polar surface area (TPSA) is 153 Å². The summed E-state index contributed by atoms with van der Waals surface area (Å²) >= 11 is 0. The summed E-state index contributed by atoms with van der Waals surface area (Å²) in [5.74, 6) is 0. The average molecular weight is 299 g/mol. The van der Waals surface area contributed by atoms with E-state index in [-0.39, 0.29) is 24.2 Å². The average Bonchev–Trinajstić information content (AvgIpc) is 2.46. The quantitative estimate of drug-likeness (QED) is 0.466. The number of aliphatic hydroxyl groups excluding tert-OH is 2. The highest BCUT2D eigenvalue weighted by molar-refractivity contribution is 5.49. The van der Waals surface area contributed by atoms with Crippen molar-refractivity contribution in [3.63, 3.8) is 0 Å². The van der Waals surface area contributed by atoms with Gasteiger partial charge in [-0.05, 0) is 25.3 Å². The summed E-state index contributed by atoms with van der Waals surface area (Å²) in [5.41, 5.74) is 4.26. The van der Waals surface area contributed by atoms with Crippen LogP contribution in [-0.4, -0.2) is 38.8 Å². The molecule has 0 fully saturated rings. The van der Waals surface area contributed by atoms with Gasteiger partial charge in [0.2, 0.25) is 0 Å². The molecule has 116 valence electrons. The second-order valence-corrected chi connectivity index (χ2v) is 4.86. The molecule has 0 aliphatic rings. The standard InChI is InChI=1S/C12H17N3O6/c13-12(7-16,8-17)5-1-2-9-3-4-10(14(18)19)6-11(9)15(20)21/h3-4,6,16-17H,1-2,5,7-8,13H2. The van der Waals surface area contributed by atoms with Gasteiger partial charge in [0.25, 0.3) is 11.4 Å². The smallest absolute Gasteiger partial charge is 0.279 e. The van der Waals surface area contributed by atoms with E-state index in [0.29, 0.717) is 12.0 Å². The third-order valence-electron chi connectivity index (χ3n) is 3.23. The molecule has 9 nitrogen and oxygen atoms in total. The fourth-order valence-corrected chi connectivity index (χ4v) is 1.89. The lowest BCUT2D eigenvalue weighted by molar-refractivity contribution is -0.394. The molecular formula is C12H17N3O6. The van der Waals surface area contributed by atoms with Crippen LogP contribution in [0.2, 0.25) is 0 Å². The normalized spacial score (nSPS) is 11.4. The van der Waals surface area contributed by atoms with Crippen LogP contribution in [0.25, 0.3) is 0 Å². The Morgan fingerprint density at radius 2 is 1.76 bits per heavy atom. The molecule has 0 heterocycles. The van der Waals surface area contributed by atoms with Gasteiger partial charge >= 0.3 is 0 Å². The van der Waals surface area contributed by atoms with E-state index in [4.69, 9.17) is 15.9 Å². The molecule has 0 aliphatic heterocycles. The van der Waals surface area contributed by atoms with Crippen LogP contribution >= 0.6 is 0 Å². The molecule has 0 aliphatic carbocycles. The Balaban J connectivity index is 2.84. The largest absolute Gasteiger partial charge is 0.394 e. The van der Waals surface area contributed by atoms with Crippen LogP contribution in [0.3, 0.4) is 0 Å². The zero-order valence-corrected chi connectivity index (χ0v) is 11.3. The monoisotopic (exact) mass is 299 g/mol. The van der Waals surface area contributed by atoms with Gasteiger partial charge in [-0.2, -0.15) is 0 Å². The molecule has 0 unspecified atom stereocenters. The molecule has 4 N–H and O–H groups in total. The molecule has 0 atom stereocenters. The number of hydrogen-bond donors (Lipinski definition) is 3. The lowest BCUT2D eigenvalue weighted by atomic mass is 9.94. The highest BCUT2D eigenvalue weighted by Crippen LogP contribution is 2.26. The van der Waals surface area contributed by atoms with Gasteiger partial charge in [-0.25, -0.2) is 0 Å². The maximum Gasteiger partial charge on any atom is 0.279 e. The number of rotatable bonds is 8. The van der Waals surface area contributed by atoms with E-state index in [9.17, 15) is 20.2 Å². The Labute approximate surface area is 120 Å². The van der Waals surface area contributed by atoms with Gasteiger partial charge in [0.15, 0.2) is 0 Å². The molecule has 0 saturated carbocycles. The Morgan fingerprint density at radius 3 is 2.24 bits per heavy atom. The highest BCUT2D eigenvalue weighted by Gasteiger charge is 2.24. The first-order valence-electron chi connectivity index (χ1n) is 6.25. The van der Waals surface area contributed by atoms with E-state index in [0.717, 1.165) is 6.07 Å². The van der Waals surface area contributed by atoms with Crippen LogP contribution in [0.5, 0.6) is 0 Å². The van der Waals surface area contributed by atoms with Crippen molar-refractivity contribution in [2.75, 3.05) is 13.2 Å². The first-order chi connectivity index (χ1) is 9.83. The predicted molar refractivity (Wildman–Crippen MR) is 73.8 cm³/mol. The highest BCUT2D eigenvalue weighted by atomic mass is 16.6. The van der Waals surface area contributed by atoms with Crippen LogP contribution in [0, 0.1) is 20.2 Å². The van der Waals surface area contributed by atoms with Crippen molar-refractivity contribution in [1.29, 1.82) is 0 Å². The summed E-state index contributed by atoms with van der Waals surface area (Å²) in [6, 6.07) is 3.46. The minimum atomic E-state index is -1.13. The Hall–Kier alpha value is -2.10. The third kappa shape index (κ3) is 4.45. The number of nitrogens with two attached hydrogens (primary N) is 1. The van der Waals surface area contributed by atoms with Crippen LogP contribution in [0.4, 0.5) is 11.4 Å². The Kier molecular flexibility index (Phi) is 5.70. The number of nitrogens with zero attached hydrogens (tertiary/aromatic N) is 2. The minimum absolute atomic E-state index is 0.271. The molecule has 1 aromatic rings. The first-order valence-corrected chi connectivity index (χ1v) is 6.25. The molecule has 0 amide bonds. The van der Waals surface area contributed by atoms with Crippen LogP contribution in [-0.2, 0) is 6.42 Å². The van der Waals surface area contributed by atoms with Crippen LogP contribution in [0.15, 0.2) is 18.2 Å². The summed E-state index contributed by atoms with van der Waals surface area (Å²) < 4.78 is 0. The van der Waals surface area contributed by atoms with E-state index < -0.39 is 28.6 Å². The van der Waals surface area contributed by atoms with Gasteiger partial charge < -0.3 is 15.9 Å². The van der Waals surface area contributed by atoms with Crippen molar-refractivity contribution >= 4 is 11.4 Å². The molecule has 0 saturated heterocycles.